The maximum absolute atomic E-state index is 4.64. The Morgan fingerprint density at radius 3 is 2.79 bits per heavy atom. The number of hydrogen-bond donors (Lipinski definition) is 2. The van der Waals surface area contributed by atoms with Crippen LogP contribution in [-0.4, -0.2) is 40.1 Å². The molecule has 0 aliphatic heterocycles. The highest BCUT2D eigenvalue weighted by Crippen LogP contribution is 2.10. The van der Waals surface area contributed by atoms with Crippen LogP contribution in [0.15, 0.2) is 23.6 Å². The molecule has 2 aromatic heterocycles. The Labute approximate surface area is 148 Å². The topological polar surface area (TPSA) is 67.1 Å². The van der Waals surface area contributed by atoms with Gasteiger partial charge in [0.25, 0.3) is 0 Å². The van der Waals surface area contributed by atoms with E-state index >= 15 is 0 Å². The van der Waals surface area contributed by atoms with Crippen LogP contribution in [0.2, 0.25) is 0 Å². The highest BCUT2D eigenvalue weighted by atomic mass is 32.1. The maximum Gasteiger partial charge on any atom is 0.191 e. The molecular formula is C17H28N6S. The van der Waals surface area contributed by atoms with E-state index in [2.05, 4.69) is 44.0 Å². The summed E-state index contributed by atoms with van der Waals surface area (Å²) in [4.78, 5) is 14.5. The highest BCUT2D eigenvalue weighted by Gasteiger charge is 2.01. The van der Waals surface area contributed by atoms with E-state index in [0.717, 1.165) is 57.2 Å². The van der Waals surface area contributed by atoms with Crippen LogP contribution in [0.25, 0.3) is 0 Å². The van der Waals surface area contributed by atoms with E-state index in [1.807, 2.05) is 25.5 Å². The van der Waals surface area contributed by atoms with E-state index in [9.17, 15) is 0 Å². The molecule has 0 fully saturated rings. The maximum atomic E-state index is 4.64. The van der Waals surface area contributed by atoms with Gasteiger partial charge in [0.1, 0.15) is 5.82 Å². The van der Waals surface area contributed by atoms with Gasteiger partial charge in [0.15, 0.2) is 5.96 Å². The van der Waals surface area contributed by atoms with Crippen molar-refractivity contribution in [1.82, 2.24) is 25.2 Å². The number of aryl methyl sites for hydroxylation is 3. The molecule has 2 aromatic rings. The van der Waals surface area contributed by atoms with E-state index in [1.165, 1.54) is 9.88 Å². The van der Waals surface area contributed by atoms with Gasteiger partial charge in [-0.05, 0) is 33.6 Å². The second-order valence-electron chi connectivity index (χ2n) is 5.68. The molecule has 0 aromatic carbocycles. The molecule has 0 unspecified atom stereocenters. The van der Waals surface area contributed by atoms with Gasteiger partial charge < -0.3 is 15.2 Å². The Balaban J connectivity index is 1.66. The molecule has 0 radical (unpaired) electrons. The number of unbranched alkanes of at least 4 members (excludes halogenated alkanes) is 1. The Kier molecular flexibility index (Phi) is 7.74. The minimum atomic E-state index is 0.833. The quantitative estimate of drug-likeness (QED) is 0.415. The van der Waals surface area contributed by atoms with Crippen LogP contribution >= 0.6 is 11.3 Å². The predicted octanol–water partition coefficient (Wildman–Crippen LogP) is 2.53. The Bertz CT molecular complexity index is 631. The molecule has 0 amide bonds. The van der Waals surface area contributed by atoms with Gasteiger partial charge in [-0.25, -0.2) is 9.97 Å². The molecular weight excluding hydrogens is 320 g/mol. The second kappa shape index (κ2) is 10.1. The number of imidazole rings is 1. The van der Waals surface area contributed by atoms with Crippen molar-refractivity contribution in [2.45, 2.75) is 46.6 Å². The average molecular weight is 349 g/mol. The highest BCUT2D eigenvalue weighted by molar-refractivity contribution is 7.11. The molecule has 6 nitrogen and oxygen atoms in total. The lowest BCUT2D eigenvalue weighted by atomic mass is 10.3. The molecule has 0 atom stereocenters. The molecule has 0 spiro atoms. The van der Waals surface area contributed by atoms with Gasteiger partial charge in [-0.2, -0.15) is 0 Å². The standard InChI is InChI=1S/C17H28N6S/c1-4-18-17(21-9-7-16-22-13-14(2)24-16)20-8-5-6-11-23-12-10-19-15(23)3/h10,12-13H,4-9,11H2,1-3H3,(H2,18,20,21). The first-order valence-corrected chi connectivity index (χ1v) is 9.42. The number of nitrogens with zero attached hydrogens (tertiary/aromatic N) is 4. The smallest absolute Gasteiger partial charge is 0.191 e. The Morgan fingerprint density at radius 2 is 2.12 bits per heavy atom. The van der Waals surface area contributed by atoms with E-state index in [4.69, 9.17) is 0 Å². The molecule has 132 valence electrons. The molecule has 7 heteroatoms. The normalized spacial score (nSPS) is 11.7. The third-order valence-corrected chi connectivity index (χ3v) is 4.62. The summed E-state index contributed by atoms with van der Waals surface area (Å²) in [5, 5.41) is 7.85. The number of nitrogens with one attached hydrogen (secondary N) is 2. The molecule has 24 heavy (non-hydrogen) atoms. The summed E-state index contributed by atoms with van der Waals surface area (Å²) in [6, 6.07) is 0. The van der Waals surface area contributed by atoms with Crippen molar-refractivity contribution in [2.24, 2.45) is 4.99 Å². The van der Waals surface area contributed by atoms with E-state index in [-0.39, 0.29) is 0 Å². The first-order chi connectivity index (χ1) is 11.7. The SMILES string of the molecule is CCNC(=NCCCCn1ccnc1C)NCCc1ncc(C)s1. The van der Waals surface area contributed by atoms with E-state index in [0.29, 0.717) is 0 Å². The zero-order chi connectivity index (χ0) is 17.2. The van der Waals surface area contributed by atoms with Crippen LogP contribution in [0, 0.1) is 13.8 Å². The van der Waals surface area contributed by atoms with Crippen LogP contribution in [0.4, 0.5) is 0 Å². The van der Waals surface area contributed by atoms with Gasteiger partial charge in [-0.3, -0.25) is 4.99 Å². The van der Waals surface area contributed by atoms with Crippen LogP contribution in [0.5, 0.6) is 0 Å². The van der Waals surface area contributed by atoms with Crippen LogP contribution < -0.4 is 10.6 Å². The molecule has 2 rings (SSSR count). The number of aromatic nitrogens is 3. The number of aliphatic imine (C=N–C) groups is 1. The number of rotatable bonds is 9. The van der Waals surface area contributed by atoms with Gasteiger partial charge in [0.05, 0.1) is 5.01 Å². The van der Waals surface area contributed by atoms with Crippen molar-refractivity contribution in [3.8, 4) is 0 Å². The lowest BCUT2D eigenvalue weighted by Gasteiger charge is -2.10. The number of thiazole rings is 1. The lowest BCUT2D eigenvalue weighted by Crippen LogP contribution is -2.38. The molecule has 2 N–H and O–H groups in total. The number of hydrogen-bond acceptors (Lipinski definition) is 4. The summed E-state index contributed by atoms with van der Waals surface area (Å²) in [7, 11) is 0. The van der Waals surface area contributed by atoms with Gasteiger partial charge in [-0.15, -0.1) is 11.3 Å². The fourth-order valence-corrected chi connectivity index (χ4v) is 3.16. The summed E-state index contributed by atoms with van der Waals surface area (Å²) in [6.07, 6.45) is 8.93. The summed E-state index contributed by atoms with van der Waals surface area (Å²) in [6.45, 7) is 9.78. The van der Waals surface area contributed by atoms with Crippen molar-refractivity contribution in [2.75, 3.05) is 19.6 Å². The lowest BCUT2D eigenvalue weighted by molar-refractivity contribution is 0.600. The van der Waals surface area contributed by atoms with Gasteiger partial charge in [-0.1, -0.05) is 0 Å². The zero-order valence-electron chi connectivity index (χ0n) is 14.9. The molecule has 0 bridgehead atoms. The zero-order valence-corrected chi connectivity index (χ0v) is 15.7. The summed E-state index contributed by atoms with van der Waals surface area (Å²) in [5.74, 6) is 1.97. The molecule has 2 heterocycles. The first-order valence-electron chi connectivity index (χ1n) is 8.60. The van der Waals surface area contributed by atoms with Crippen molar-refractivity contribution < 1.29 is 0 Å². The minimum absolute atomic E-state index is 0.833. The third kappa shape index (κ3) is 6.31. The van der Waals surface area contributed by atoms with Crippen LogP contribution in [0.3, 0.4) is 0 Å². The van der Waals surface area contributed by atoms with E-state index < -0.39 is 0 Å². The summed E-state index contributed by atoms with van der Waals surface area (Å²) >= 11 is 1.76. The van der Waals surface area contributed by atoms with Gasteiger partial charge in [0, 0.05) is 56.1 Å². The fraction of sp³-hybridized carbons (Fsp3) is 0.588. The third-order valence-electron chi connectivity index (χ3n) is 3.65. The van der Waals surface area contributed by atoms with Crippen LogP contribution in [-0.2, 0) is 13.0 Å². The molecule has 0 saturated carbocycles. The van der Waals surface area contributed by atoms with Gasteiger partial charge in [0.2, 0.25) is 0 Å². The first kappa shape index (κ1) is 18.4. The Hall–Kier alpha value is -1.89. The van der Waals surface area contributed by atoms with Crippen molar-refractivity contribution in [3.63, 3.8) is 0 Å². The predicted molar refractivity (Wildman–Crippen MR) is 101 cm³/mol. The van der Waals surface area contributed by atoms with Crippen molar-refractivity contribution >= 4 is 17.3 Å². The average Bonchev–Trinajstić information content (AvgIpc) is 3.15. The van der Waals surface area contributed by atoms with Crippen LogP contribution in [0.1, 0.15) is 35.5 Å². The molecule has 0 aliphatic carbocycles. The van der Waals surface area contributed by atoms with Crippen molar-refractivity contribution in [1.29, 1.82) is 0 Å². The minimum Gasteiger partial charge on any atom is -0.357 e. The Morgan fingerprint density at radius 1 is 1.25 bits per heavy atom. The monoisotopic (exact) mass is 348 g/mol. The van der Waals surface area contributed by atoms with E-state index in [1.54, 1.807) is 11.3 Å². The van der Waals surface area contributed by atoms with Crippen molar-refractivity contribution in [3.05, 3.63) is 34.3 Å². The fourth-order valence-electron chi connectivity index (χ4n) is 2.37. The number of guanidine groups is 1. The second-order valence-corrected chi connectivity index (χ2v) is 7.00. The molecule has 0 aliphatic rings. The summed E-state index contributed by atoms with van der Waals surface area (Å²) in [5.41, 5.74) is 0. The largest absolute Gasteiger partial charge is 0.357 e. The van der Waals surface area contributed by atoms with Gasteiger partial charge >= 0.3 is 0 Å². The molecule has 0 saturated heterocycles. The summed E-state index contributed by atoms with van der Waals surface area (Å²) < 4.78 is 2.18.